The van der Waals surface area contributed by atoms with Gasteiger partial charge in [0.25, 0.3) is 0 Å². The van der Waals surface area contributed by atoms with Crippen molar-refractivity contribution in [2.45, 2.75) is 24.5 Å². The van der Waals surface area contributed by atoms with E-state index in [-0.39, 0.29) is 24.7 Å². The van der Waals surface area contributed by atoms with E-state index in [9.17, 15) is 21.6 Å². The van der Waals surface area contributed by atoms with Gasteiger partial charge in [0.2, 0.25) is 0 Å². The predicted octanol–water partition coefficient (Wildman–Crippen LogP) is 1.56. The molecule has 2 rings (SSSR count). The van der Waals surface area contributed by atoms with Gasteiger partial charge in [-0.1, -0.05) is 0 Å². The Morgan fingerprint density at radius 2 is 2.05 bits per heavy atom. The van der Waals surface area contributed by atoms with Crippen LogP contribution in [0.2, 0.25) is 0 Å². The molecule has 2 atom stereocenters. The normalized spacial score (nSPS) is 29.1. The summed E-state index contributed by atoms with van der Waals surface area (Å²) in [7, 11) is -5.60. The molecular formula is C10H13F3O5S. The van der Waals surface area contributed by atoms with Crippen molar-refractivity contribution in [2.24, 2.45) is 5.92 Å². The standard InChI is InChI=1S/C10H13F3O5S/c11-10(12,13)19(14,15)18-8-2-4-17-9(5-8)7-1-3-16-6-7/h5,7,9H,1-4,6H2. The van der Waals surface area contributed by atoms with Gasteiger partial charge in [0.15, 0.2) is 0 Å². The van der Waals surface area contributed by atoms with Crippen LogP contribution in [0.5, 0.6) is 0 Å². The molecule has 9 heteroatoms. The highest BCUT2D eigenvalue weighted by molar-refractivity contribution is 7.87. The zero-order valence-electron chi connectivity index (χ0n) is 9.85. The molecule has 0 bridgehead atoms. The van der Waals surface area contributed by atoms with Crippen LogP contribution >= 0.6 is 0 Å². The number of hydrogen-bond donors (Lipinski definition) is 0. The fourth-order valence-electron chi connectivity index (χ4n) is 1.95. The van der Waals surface area contributed by atoms with E-state index in [1.165, 1.54) is 6.08 Å². The van der Waals surface area contributed by atoms with Crippen molar-refractivity contribution in [3.05, 3.63) is 11.8 Å². The fourth-order valence-corrected chi connectivity index (χ4v) is 2.47. The van der Waals surface area contributed by atoms with Crippen LogP contribution in [0.3, 0.4) is 0 Å². The highest BCUT2D eigenvalue weighted by Crippen LogP contribution is 2.30. The summed E-state index contributed by atoms with van der Waals surface area (Å²) in [6.45, 7) is 1.14. The molecule has 0 radical (unpaired) electrons. The van der Waals surface area contributed by atoms with Gasteiger partial charge in [0.1, 0.15) is 5.76 Å². The zero-order chi connectivity index (χ0) is 14.1. The Bertz CT molecular complexity index is 450. The molecule has 0 amide bonds. The minimum Gasteiger partial charge on any atom is -0.381 e. The molecule has 2 unspecified atom stereocenters. The SMILES string of the molecule is O=S(=O)(OC1=CC(C2CCOC2)OCC1)C(F)(F)F. The molecule has 2 aliphatic rings. The average molecular weight is 302 g/mol. The number of rotatable bonds is 3. The van der Waals surface area contributed by atoms with Gasteiger partial charge in [-0.2, -0.15) is 21.6 Å². The van der Waals surface area contributed by atoms with E-state index < -0.39 is 21.7 Å². The first-order valence-electron chi connectivity index (χ1n) is 5.70. The van der Waals surface area contributed by atoms with Crippen LogP contribution in [0.4, 0.5) is 13.2 Å². The smallest absolute Gasteiger partial charge is 0.381 e. The van der Waals surface area contributed by atoms with Gasteiger partial charge in [0, 0.05) is 18.9 Å². The van der Waals surface area contributed by atoms with Gasteiger partial charge < -0.3 is 13.7 Å². The molecule has 0 aliphatic carbocycles. The summed E-state index contributed by atoms with van der Waals surface area (Å²) >= 11 is 0. The van der Waals surface area contributed by atoms with Crippen LogP contribution < -0.4 is 0 Å². The van der Waals surface area contributed by atoms with Crippen LogP contribution in [-0.2, 0) is 23.8 Å². The first-order valence-corrected chi connectivity index (χ1v) is 7.11. The lowest BCUT2D eigenvalue weighted by atomic mass is 9.99. The Hall–Kier alpha value is -0.800. The van der Waals surface area contributed by atoms with E-state index in [0.717, 1.165) is 6.42 Å². The van der Waals surface area contributed by atoms with Crippen LogP contribution in [-0.4, -0.2) is 39.9 Å². The van der Waals surface area contributed by atoms with Gasteiger partial charge in [-0.05, 0) is 12.5 Å². The Balaban J connectivity index is 2.07. The largest absolute Gasteiger partial charge is 0.534 e. The maximum atomic E-state index is 12.2. The molecule has 2 heterocycles. The minimum absolute atomic E-state index is 0.000608. The second-order valence-corrected chi connectivity index (χ2v) is 5.86. The molecule has 110 valence electrons. The van der Waals surface area contributed by atoms with Crippen molar-refractivity contribution in [1.29, 1.82) is 0 Å². The monoisotopic (exact) mass is 302 g/mol. The van der Waals surface area contributed by atoms with Gasteiger partial charge >= 0.3 is 15.6 Å². The van der Waals surface area contributed by atoms with Crippen LogP contribution in [0.15, 0.2) is 11.8 Å². The summed E-state index contributed by atoms with van der Waals surface area (Å²) in [5, 5.41) is 0. The Morgan fingerprint density at radius 3 is 2.63 bits per heavy atom. The summed E-state index contributed by atoms with van der Waals surface area (Å²) in [6, 6.07) is 0. The summed E-state index contributed by atoms with van der Waals surface area (Å²) in [6.07, 6.45) is 1.56. The molecule has 0 aromatic carbocycles. The number of hydrogen-bond acceptors (Lipinski definition) is 5. The first kappa shape index (κ1) is 14.6. The highest BCUT2D eigenvalue weighted by Gasteiger charge is 2.49. The molecule has 1 saturated heterocycles. The van der Waals surface area contributed by atoms with E-state index >= 15 is 0 Å². The molecule has 0 spiro atoms. The van der Waals surface area contributed by atoms with Gasteiger partial charge in [-0.15, -0.1) is 0 Å². The van der Waals surface area contributed by atoms with Crippen molar-refractivity contribution in [1.82, 2.24) is 0 Å². The van der Waals surface area contributed by atoms with Crippen molar-refractivity contribution >= 4 is 10.1 Å². The minimum atomic E-state index is -5.60. The lowest BCUT2D eigenvalue weighted by molar-refractivity contribution is -0.0533. The number of halogens is 3. The molecule has 19 heavy (non-hydrogen) atoms. The van der Waals surface area contributed by atoms with Gasteiger partial charge in [0.05, 0.1) is 19.3 Å². The Morgan fingerprint density at radius 1 is 1.32 bits per heavy atom. The average Bonchev–Trinajstić information content (AvgIpc) is 2.80. The number of alkyl halides is 3. The molecule has 0 saturated carbocycles. The van der Waals surface area contributed by atoms with E-state index in [1.54, 1.807) is 0 Å². The van der Waals surface area contributed by atoms with E-state index in [0.29, 0.717) is 13.2 Å². The molecular weight excluding hydrogens is 289 g/mol. The topological polar surface area (TPSA) is 61.8 Å². The summed E-state index contributed by atoms with van der Waals surface area (Å²) in [5.74, 6) is -0.201. The summed E-state index contributed by atoms with van der Waals surface area (Å²) in [5.41, 5.74) is -5.42. The second kappa shape index (κ2) is 5.29. The molecule has 1 fully saturated rings. The third kappa shape index (κ3) is 3.40. The first-order chi connectivity index (χ1) is 8.79. The summed E-state index contributed by atoms with van der Waals surface area (Å²) in [4.78, 5) is 0. The molecule has 5 nitrogen and oxygen atoms in total. The molecule has 0 aromatic heterocycles. The van der Waals surface area contributed by atoms with Crippen molar-refractivity contribution in [2.75, 3.05) is 19.8 Å². The lowest BCUT2D eigenvalue weighted by Crippen LogP contribution is -2.30. The maximum Gasteiger partial charge on any atom is 0.534 e. The third-order valence-corrected chi connectivity index (χ3v) is 3.94. The van der Waals surface area contributed by atoms with Crippen LogP contribution in [0.25, 0.3) is 0 Å². The van der Waals surface area contributed by atoms with Crippen LogP contribution in [0.1, 0.15) is 12.8 Å². The van der Waals surface area contributed by atoms with Gasteiger partial charge in [-0.3, -0.25) is 0 Å². The van der Waals surface area contributed by atoms with Gasteiger partial charge in [-0.25, -0.2) is 0 Å². The zero-order valence-corrected chi connectivity index (χ0v) is 10.7. The maximum absolute atomic E-state index is 12.2. The fraction of sp³-hybridized carbons (Fsp3) is 0.800. The Labute approximate surface area is 108 Å². The van der Waals surface area contributed by atoms with Crippen LogP contribution in [0, 0.1) is 5.92 Å². The van der Waals surface area contributed by atoms with E-state index in [1.807, 2.05) is 0 Å². The quantitative estimate of drug-likeness (QED) is 0.585. The second-order valence-electron chi connectivity index (χ2n) is 4.33. The molecule has 0 N–H and O–H groups in total. The lowest BCUT2D eigenvalue weighted by Gasteiger charge is -2.25. The van der Waals surface area contributed by atoms with Crippen molar-refractivity contribution < 1.29 is 35.2 Å². The third-order valence-electron chi connectivity index (χ3n) is 2.94. The molecule has 0 aromatic rings. The van der Waals surface area contributed by atoms with E-state index in [2.05, 4.69) is 4.18 Å². The molecule has 2 aliphatic heterocycles. The highest BCUT2D eigenvalue weighted by atomic mass is 32.2. The number of ether oxygens (including phenoxy) is 2. The summed E-state index contributed by atoms with van der Waals surface area (Å²) < 4.78 is 73.0. The predicted molar refractivity (Wildman–Crippen MR) is 57.4 cm³/mol. The van der Waals surface area contributed by atoms with Crippen molar-refractivity contribution in [3.8, 4) is 0 Å². The Kier molecular flexibility index (Phi) is 4.07. The van der Waals surface area contributed by atoms with Crippen molar-refractivity contribution in [3.63, 3.8) is 0 Å². The van der Waals surface area contributed by atoms with E-state index in [4.69, 9.17) is 9.47 Å².